The molecule has 3 aliphatic rings. The molecule has 176 valence electrons. The third-order valence-corrected chi connectivity index (χ3v) is 7.03. The van der Waals surface area contributed by atoms with Gasteiger partial charge in [0, 0.05) is 0 Å². The molecule has 6 atom stereocenters. The molecule has 0 unspecified atom stereocenters. The Morgan fingerprint density at radius 3 is 2.27 bits per heavy atom. The Balaban J connectivity index is 2.11. The highest BCUT2D eigenvalue weighted by atomic mass is 16.4. The van der Waals surface area contributed by atoms with Crippen LogP contribution in [0, 0.1) is 11.8 Å². The number of aromatic hydroxyl groups is 1. The van der Waals surface area contributed by atoms with Crippen molar-refractivity contribution in [3.8, 4) is 5.75 Å². The fourth-order valence-electron chi connectivity index (χ4n) is 5.60. The van der Waals surface area contributed by atoms with E-state index >= 15 is 0 Å². The van der Waals surface area contributed by atoms with E-state index in [-0.39, 0.29) is 11.1 Å². The standard InChI is InChI=1S/C22H24N2O9/c1-21(32)7-5-4-6-8(25)9(7)15(26)10-12(21)17(28)13-14(24(2)3)16(27)11(20(23)31)19(30)22(13,33)18(10)29/h4-6,12-14,17,25-26,28,30,32-33H,1-3H3,(H2,23,31)/t12-,13-,14+,17+,21+,22-/m1/s1. The number of hydrogen-bond donors (Lipinski definition) is 7. The molecule has 4 rings (SSSR count). The highest BCUT2D eigenvalue weighted by molar-refractivity contribution is 6.24. The lowest BCUT2D eigenvalue weighted by atomic mass is 9.53. The molecule has 11 nitrogen and oxygen atoms in total. The normalized spacial score (nSPS) is 36.0. The van der Waals surface area contributed by atoms with Gasteiger partial charge >= 0.3 is 0 Å². The number of fused-ring (bicyclic) bond motifs is 3. The quantitative estimate of drug-likeness (QED) is 0.257. The second-order valence-corrected chi connectivity index (χ2v) is 9.06. The predicted octanol–water partition coefficient (Wildman–Crippen LogP) is -1.40. The Hall–Kier alpha value is -3.25. The number of carbonyl (C=O) groups excluding carboxylic acids is 3. The molecule has 8 N–H and O–H groups in total. The molecule has 1 amide bonds. The van der Waals surface area contributed by atoms with Gasteiger partial charge in [0.05, 0.1) is 40.7 Å². The van der Waals surface area contributed by atoms with E-state index in [1.807, 2.05) is 0 Å². The Morgan fingerprint density at radius 2 is 1.73 bits per heavy atom. The Morgan fingerprint density at radius 1 is 1.12 bits per heavy atom. The summed E-state index contributed by atoms with van der Waals surface area (Å²) in [5, 5.41) is 66.3. The molecular weight excluding hydrogens is 436 g/mol. The summed E-state index contributed by atoms with van der Waals surface area (Å²) in [6, 6.07) is 2.50. The first kappa shape index (κ1) is 22.9. The number of likely N-dealkylation sites (N-methyl/N-ethyl adjacent to an activating group) is 1. The highest BCUT2D eigenvalue weighted by Gasteiger charge is 2.70. The summed E-state index contributed by atoms with van der Waals surface area (Å²) in [6.07, 6.45) is -1.87. The molecule has 1 saturated carbocycles. The molecule has 11 heteroatoms. The van der Waals surface area contributed by atoms with Gasteiger partial charge in [0.25, 0.3) is 5.91 Å². The van der Waals surface area contributed by atoms with Crippen molar-refractivity contribution in [1.82, 2.24) is 4.90 Å². The van der Waals surface area contributed by atoms with E-state index in [1.165, 1.54) is 44.1 Å². The number of primary amides is 1. The van der Waals surface area contributed by atoms with E-state index in [2.05, 4.69) is 0 Å². The lowest BCUT2D eigenvalue weighted by molar-refractivity contribution is -0.181. The van der Waals surface area contributed by atoms with Crippen molar-refractivity contribution in [1.29, 1.82) is 0 Å². The number of phenolic OH excluding ortho intramolecular Hbond substituents is 1. The van der Waals surface area contributed by atoms with Crippen LogP contribution in [-0.4, -0.2) is 84.9 Å². The number of nitrogens with zero attached hydrogens (tertiary/aromatic N) is 1. The average Bonchev–Trinajstić information content (AvgIpc) is 2.70. The number of aliphatic hydroxyl groups excluding tert-OH is 3. The molecule has 3 aliphatic carbocycles. The molecule has 1 aromatic carbocycles. The van der Waals surface area contributed by atoms with Crippen LogP contribution in [0.2, 0.25) is 0 Å². The Bertz CT molecular complexity index is 1180. The maximum Gasteiger partial charge on any atom is 0.255 e. The van der Waals surface area contributed by atoms with Crippen molar-refractivity contribution >= 4 is 23.2 Å². The van der Waals surface area contributed by atoms with Crippen molar-refractivity contribution in [2.24, 2.45) is 17.6 Å². The van der Waals surface area contributed by atoms with Crippen LogP contribution < -0.4 is 5.73 Å². The summed E-state index contributed by atoms with van der Waals surface area (Å²) < 4.78 is 0. The number of carbonyl (C=O) groups is 3. The smallest absolute Gasteiger partial charge is 0.255 e. The van der Waals surface area contributed by atoms with Crippen LogP contribution in [0.15, 0.2) is 35.1 Å². The van der Waals surface area contributed by atoms with E-state index in [0.717, 1.165) is 0 Å². The number of amides is 1. The van der Waals surface area contributed by atoms with Gasteiger partial charge in [0.15, 0.2) is 11.4 Å². The zero-order chi connectivity index (χ0) is 24.8. The molecule has 0 aromatic heterocycles. The molecule has 33 heavy (non-hydrogen) atoms. The number of hydrogen-bond acceptors (Lipinski definition) is 10. The van der Waals surface area contributed by atoms with Crippen molar-refractivity contribution in [3.05, 3.63) is 46.2 Å². The van der Waals surface area contributed by atoms with Crippen LogP contribution in [0.4, 0.5) is 0 Å². The van der Waals surface area contributed by atoms with Crippen molar-refractivity contribution in [3.63, 3.8) is 0 Å². The molecule has 0 radical (unpaired) electrons. The summed E-state index contributed by atoms with van der Waals surface area (Å²) in [4.78, 5) is 39.9. The second-order valence-electron chi connectivity index (χ2n) is 9.06. The summed E-state index contributed by atoms with van der Waals surface area (Å²) in [5.41, 5.74) is -1.78. The monoisotopic (exact) mass is 460 g/mol. The SMILES string of the molecule is CN(C)[C@@H]1C(=O)C(C(N)=O)=C(O)[C@]2(O)C(=O)C3=C(O)c4c(O)cccc4[C@](C)(O)[C@H]3[C@H](O)[C@@H]12. The molecule has 1 fully saturated rings. The number of phenols is 1. The molecule has 0 spiro atoms. The first-order valence-corrected chi connectivity index (χ1v) is 10.1. The Labute approximate surface area is 187 Å². The van der Waals surface area contributed by atoms with Crippen LogP contribution >= 0.6 is 0 Å². The maximum absolute atomic E-state index is 13.7. The number of Topliss-reactive ketones (excluding diaryl/α,β-unsaturated/α-hetero) is 2. The zero-order valence-corrected chi connectivity index (χ0v) is 18.0. The van der Waals surface area contributed by atoms with Crippen LogP contribution in [0.1, 0.15) is 18.1 Å². The molecule has 1 aromatic rings. The summed E-state index contributed by atoms with van der Waals surface area (Å²) >= 11 is 0. The fraction of sp³-hybridized carbons (Fsp3) is 0.409. The van der Waals surface area contributed by atoms with E-state index in [1.54, 1.807) is 0 Å². The van der Waals surface area contributed by atoms with Gasteiger partial charge in [-0.1, -0.05) is 12.1 Å². The minimum absolute atomic E-state index is 0.00664. The molecule has 0 aliphatic heterocycles. The zero-order valence-electron chi connectivity index (χ0n) is 18.0. The van der Waals surface area contributed by atoms with Gasteiger partial charge in [-0.3, -0.25) is 19.3 Å². The van der Waals surface area contributed by atoms with Gasteiger partial charge in [-0.05, 0) is 32.6 Å². The predicted molar refractivity (Wildman–Crippen MR) is 112 cm³/mol. The lowest BCUT2D eigenvalue weighted by Crippen LogP contribution is -2.71. The van der Waals surface area contributed by atoms with Gasteiger partial charge in [-0.25, -0.2) is 0 Å². The van der Waals surface area contributed by atoms with Gasteiger partial charge in [0.2, 0.25) is 5.78 Å². The first-order chi connectivity index (χ1) is 15.2. The van der Waals surface area contributed by atoms with Gasteiger partial charge in [0.1, 0.15) is 22.8 Å². The van der Waals surface area contributed by atoms with E-state index in [0.29, 0.717) is 0 Å². The number of benzene rings is 1. The number of nitrogens with two attached hydrogens (primary N) is 1. The second kappa shape index (κ2) is 6.87. The largest absolute Gasteiger partial charge is 0.508 e. The van der Waals surface area contributed by atoms with Crippen LogP contribution in [0.3, 0.4) is 0 Å². The number of rotatable bonds is 2. The first-order valence-electron chi connectivity index (χ1n) is 10.1. The molecular formula is C22H24N2O9. The van der Waals surface area contributed by atoms with Gasteiger partial charge in [-0.15, -0.1) is 0 Å². The molecule has 0 saturated heterocycles. The Kier molecular flexibility index (Phi) is 4.78. The van der Waals surface area contributed by atoms with E-state index in [4.69, 9.17) is 5.73 Å². The number of aliphatic hydroxyl groups is 5. The van der Waals surface area contributed by atoms with Crippen LogP contribution in [-0.2, 0) is 20.0 Å². The van der Waals surface area contributed by atoms with Crippen molar-refractivity contribution in [2.45, 2.75) is 30.3 Å². The van der Waals surface area contributed by atoms with Crippen molar-refractivity contribution < 1.29 is 45.0 Å². The van der Waals surface area contributed by atoms with Gasteiger partial charge < -0.3 is 36.4 Å². The maximum atomic E-state index is 13.7. The van der Waals surface area contributed by atoms with Crippen molar-refractivity contribution in [2.75, 3.05) is 14.1 Å². The third-order valence-electron chi connectivity index (χ3n) is 7.03. The fourth-order valence-corrected chi connectivity index (χ4v) is 5.60. The van der Waals surface area contributed by atoms with Crippen LogP contribution in [0.25, 0.3) is 5.76 Å². The van der Waals surface area contributed by atoms with E-state index < -0.39 is 81.1 Å². The molecule has 0 bridgehead atoms. The highest BCUT2D eigenvalue weighted by Crippen LogP contribution is 2.57. The topological polar surface area (TPSA) is 202 Å². The minimum Gasteiger partial charge on any atom is -0.508 e. The third kappa shape index (κ3) is 2.61. The summed E-state index contributed by atoms with van der Waals surface area (Å²) in [5.74, 6) is -9.67. The lowest BCUT2D eigenvalue weighted by Gasteiger charge is -2.55. The average molecular weight is 460 g/mol. The van der Waals surface area contributed by atoms with Crippen LogP contribution in [0.5, 0.6) is 5.75 Å². The molecule has 0 heterocycles. The minimum atomic E-state index is -3.02. The van der Waals surface area contributed by atoms with E-state index in [9.17, 15) is 45.0 Å². The van der Waals surface area contributed by atoms with Gasteiger partial charge in [-0.2, -0.15) is 0 Å². The summed E-state index contributed by atoms with van der Waals surface area (Å²) in [7, 11) is 2.80. The number of ketones is 2. The summed E-state index contributed by atoms with van der Waals surface area (Å²) in [6.45, 7) is 1.25.